The van der Waals surface area contributed by atoms with E-state index < -0.39 is 32.5 Å². The van der Waals surface area contributed by atoms with Crippen LogP contribution in [0.2, 0.25) is 0 Å². The van der Waals surface area contributed by atoms with Crippen LogP contribution in [-0.2, 0) is 27.9 Å². The molecule has 0 aliphatic rings. The summed E-state index contributed by atoms with van der Waals surface area (Å²) in [6.45, 7) is -0.420. The maximum absolute atomic E-state index is 11.5. The summed E-state index contributed by atoms with van der Waals surface area (Å²) in [4.78, 5) is 20.4. The minimum absolute atomic E-state index is 0.187. The van der Waals surface area contributed by atoms with Crippen molar-refractivity contribution in [2.24, 2.45) is 5.73 Å². The van der Waals surface area contributed by atoms with E-state index in [9.17, 15) is 14.3 Å². The van der Waals surface area contributed by atoms with Gasteiger partial charge in [-0.05, 0) is 0 Å². The molecule has 1 amide bonds. The molecule has 0 heterocycles. The Hall–Kier alpha value is -0.540. The van der Waals surface area contributed by atoms with Crippen LogP contribution in [0.1, 0.15) is 0 Å². The zero-order chi connectivity index (χ0) is 14.9. The number of carbonyl (C=O) groups excluding carboxylic acids is 1. The van der Waals surface area contributed by atoms with Crippen molar-refractivity contribution in [3.05, 3.63) is 0 Å². The SMILES string of the molecule is CNC(=O)C(N)COP(=O)(O)OCC(COC)OC. The molecule has 0 rings (SSSR count). The standard InChI is InChI=1S/C9H21N2O7P/c1-11-9(12)8(10)6-18-19(13,14)17-5-7(16-3)4-15-2/h7-8H,4-6,10H2,1-3H3,(H,11,12)(H,13,14). The van der Waals surface area contributed by atoms with E-state index in [1.807, 2.05) is 0 Å². The molecule has 3 atom stereocenters. The van der Waals surface area contributed by atoms with E-state index in [1.54, 1.807) is 0 Å². The van der Waals surface area contributed by atoms with Crippen LogP contribution in [0.4, 0.5) is 0 Å². The van der Waals surface area contributed by atoms with Gasteiger partial charge in [0.05, 0.1) is 19.8 Å². The van der Waals surface area contributed by atoms with Gasteiger partial charge in [0.15, 0.2) is 0 Å². The van der Waals surface area contributed by atoms with E-state index in [4.69, 9.17) is 19.7 Å². The lowest BCUT2D eigenvalue weighted by Crippen LogP contribution is -2.41. The van der Waals surface area contributed by atoms with E-state index in [1.165, 1.54) is 21.3 Å². The molecule has 0 saturated carbocycles. The van der Waals surface area contributed by atoms with Gasteiger partial charge in [-0.25, -0.2) is 4.57 Å². The molecule has 0 aliphatic carbocycles. The first-order valence-electron chi connectivity index (χ1n) is 5.47. The van der Waals surface area contributed by atoms with Crippen molar-refractivity contribution >= 4 is 13.7 Å². The minimum Gasteiger partial charge on any atom is -0.382 e. The minimum atomic E-state index is -4.28. The molecule has 3 unspecified atom stereocenters. The number of likely N-dealkylation sites (N-methyl/N-ethyl adjacent to an activating group) is 1. The van der Waals surface area contributed by atoms with Crippen LogP contribution >= 0.6 is 7.82 Å². The second kappa shape index (κ2) is 9.38. The van der Waals surface area contributed by atoms with Crippen LogP contribution in [-0.4, -0.2) is 64.0 Å². The number of nitrogens with two attached hydrogens (primary N) is 1. The van der Waals surface area contributed by atoms with Crippen molar-refractivity contribution in [3.63, 3.8) is 0 Å². The van der Waals surface area contributed by atoms with Gasteiger partial charge in [-0.2, -0.15) is 0 Å². The van der Waals surface area contributed by atoms with Crippen LogP contribution in [0.3, 0.4) is 0 Å². The van der Waals surface area contributed by atoms with Gasteiger partial charge >= 0.3 is 7.82 Å². The molecule has 0 aromatic rings. The average molecular weight is 300 g/mol. The Morgan fingerprint density at radius 3 is 2.37 bits per heavy atom. The second-order valence-corrected chi connectivity index (χ2v) is 5.05. The van der Waals surface area contributed by atoms with Crippen LogP contribution in [0.5, 0.6) is 0 Å². The zero-order valence-corrected chi connectivity index (χ0v) is 12.1. The fourth-order valence-electron chi connectivity index (χ4n) is 1.02. The number of ether oxygens (including phenoxy) is 2. The lowest BCUT2D eigenvalue weighted by atomic mass is 10.3. The molecule has 19 heavy (non-hydrogen) atoms. The molecular weight excluding hydrogens is 279 g/mol. The van der Waals surface area contributed by atoms with E-state index >= 15 is 0 Å². The highest BCUT2D eigenvalue weighted by atomic mass is 31.2. The number of phosphoric acid groups is 1. The van der Waals surface area contributed by atoms with E-state index in [-0.39, 0.29) is 13.2 Å². The van der Waals surface area contributed by atoms with Gasteiger partial charge in [-0.1, -0.05) is 0 Å². The number of methoxy groups -OCH3 is 2. The topological polar surface area (TPSA) is 129 Å². The monoisotopic (exact) mass is 300 g/mol. The van der Waals surface area contributed by atoms with Gasteiger partial charge in [0, 0.05) is 21.3 Å². The molecule has 0 fully saturated rings. The van der Waals surface area contributed by atoms with Crippen molar-refractivity contribution in [2.45, 2.75) is 12.1 Å². The number of carbonyl (C=O) groups is 1. The summed E-state index contributed by atoms with van der Waals surface area (Å²) < 4.78 is 30.5. The van der Waals surface area contributed by atoms with Gasteiger partial charge < -0.3 is 25.4 Å². The predicted molar refractivity (Wildman–Crippen MR) is 66.4 cm³/mol. The van der Waals surface area contributed by atoms with Crippen molar-refractivity contribution in [1.29, 1.82) is 0 Å². The van der Waals surface area contributed by atoms with Gasteiger partial charge in [-0.3, -0.25) is 13.8 Å². The highest BCUT2D eigenvalue weighted by Gasteiger charge is 2.25. The third-order valence-corrected chi connectivity index (χ3v) is 3.06. The number of nitrogens with one attached hydrogen (secondary N) is 1. The number of phosphoric ester groups is 1. The normalized spacial score (nSPS) is 17.5. The first kappa shape index (κ1) is 18.5. The Kier molecular flexibility index (Phi) is 9.11. The Morgan fingerprint density at radius 1 is 1.32 bits per heavy atom. The Bertz CT molecular complexity index is 315. The van der Waals surface area contributed by atoms with Crippen LogP contribution in [0, 0.1) is 0 Å². The second-order valence-electron chi connectivity index (χ2n) is 3.59. The van der Waals surface area contributed by atoms with Gasteiger partial charge in [0.1, 0.15) is 12.1 Å². The number of amides is 1. The summed E-state index contributed by atoms with van der Waals surface area (Å²) in [6.07, 6.45) is -0.498. The predicted octanol–water partition coefficient (Wildman–Crippen LogP) is -1.15. The molecule has 9 nitrogen and oxygen atoms in total. The lowest BCUT2D eigenvalue weighted by molar-refractivity contribution is -0.122. The molecule has 0 radical (unpaired) electrons. The third kappa shape index (κ3) is 8.27. The van der Waals surface area contributed by atoms with Crippen molar-refractivity contribution in [1.82, 2.24) is 5.32 Å². The molecule has 0 bridgehead atoms. The maximum atomic E-state index is 11.5. The quantitative estimate of drug-likeness (QED) is 0.431. The van der Waals surface area contributed by atoms with E-state index in [0.29, 0.717) is 0 Å². The largest absolute Gasteiger partial charge is 0.472 e. The first-order valence-corrected chi connectivity index (χ1v) is 6.96. The first-order chi connectivity index (χ1) is 8.86. The molecular formula is C9H21N2O7P. The summed E-state index contributed by atoms with van der Waals surface area (Å²) in [5.41, 5.74) is 5.40. The van der Waals surface area contributed by atoms with Gasteiger partial charge in [-0.15, -0.1) is 0 Å². The number of rotatable bonds is 10. The summed E-state index contributed by atoms with van der Waals surface area (Å²) >= 11 is 0. The summed E-state index contributed by atoms with van der Waals surface area (Å²) in [7, 11) is -0.0127. The summed E-state index contributed by atoms with van der Waals surface area (Å²) in [6, 6.07) is -1.05. The molecule has 0 aliphatic heterocycles. The Morgan fingerprint density at radius 2 is 1.89 bits per heavy atom. The van der Waals surface area contributed by atoms with E-state index in [2.05, 4.69) is 9.84 Å². The van der Waals surface area contributed by atoms with Crippen LogP contribution in [0.25, 0.3) is 0 Å². The Balaban J connectivity index is 4.10. The van der Waals surface area contributed by atoms with E-state index in [0.717, 1.165) is 0 Å². The smallest absolute Gasteiger partial charge is 0.382 e. The van der Waals surface area contributed by atoms with Crippen molar-refractivity contribution in [3.8, 4) is 0 Å². The average Bonchev–Trinajstić information content (AvgIpc) is 2.39. The fourth-order valence-corrected chi connectivity index (χ4v) is 1.80. The Labute approximate surface area is 112 Å². The molecule has 114 valence electrons. The number of hydrogen-bond donors (Lipinski definition) is 3. The van der Waals surface area contributed by atoms with Crippen molar-refractivity contribution in [2.75, 3.05) is 41.1 Å². The molecule has 0 aromatic heterocycles. The highest BCUT2D eigenvalue weighted by Crippen LogP contribution is 2.43. The lowest BCUT2D eigenvalue weighted by Gasteiger charge is -2.18. The maximum Gasteiger partial charge on any atom is 0.472 e. The molecule has 0 spiro atoms. The fraction of sp³-hybridized carbons (Fsp3) is 0.889. The third-order valence-electron chi connectivity index (χ3n) is 2.11. The van der Waals surface area contributed by atoms with Gasteiger partial charge in [0.2, 0.25) is 5.91 Å². The van der Waals surface area contributed by atoms with Gasteiger partial charge in [0.25, 0.3) is 0 Å². The zero-order valence-electron chi connectivity index (χ0n) is 11.2. The highest BCUT2D eigenvalue weighted by molar-refractivity contribution is 7.47. The molecule has 4 N–H and O–H groups in total. The van der Waals surface area contributed by atoms with Crippen molar-refractivity contribution < 1.29 is 32.8 Å². The molecule has 0 aromatic carbocycles. The summed E-state index contributed by atoms with van der Waals surface area (Å²) in [5, 5.41) is 2.28. The molecule has 10 heteroatoms. The van der Waals surface area contributed by atoms with Crippen LogP contribution in [0.15, 0.2) is 0 Å². The number of hydrogen-bond acceptors (Lipinski definition) is 7. The summed E-state index contributed by atoms with van der Waals surface area (Å²) in [5.74, 6) is -0.505. The molecule has 0 saturated heterocycles. The van der Waals surface area contributed by atoms with Crippen LogP contribution < -0.4 is 11.1 Å².